The number of carboxylic acids is 1. The van der Waals surface area contributed by atoms with Gasteiger partial charge in [0, 0.05) is 30.7 Å². The normalized spacial score (nSPS) is 10.3. The summed E-state index contributed by atoms with van der Waals surface area (Å²) < 4.78 is 7.41. The predicted octanol–water partition coefficient (Wildman–Crippen LogP) is 1.63. The molecule has 2 aromatic rings. The van der Waals surface area contributed by atoms with Crippen molar-refractivity contribution in [1.82, 2.24) is 9.55 Å². The van der Waals surface area contributed by atoms with Gasteiger partial charge in [0.2, 0.25) is 0 Å². The van der Waals surface area contributed by atoms with Gasteiger partial charge in [-0.05, 0) is 18.6 Å². The standard InChI is InChI=1S/C13H15N3O3/c14-10-2-3-11(13(17)18)12(8-10)19-7-1-5-16-6-4-15-9-16/h2-4,6,8-9H,1,5,7,14H2,(H,17,18). The number of benzene rings is 1. The Labute approximate surface area is 110 Å². The molecule has 0 fully saturated rings. The molecule has 0 saturated carbocycles. The molecule has 100 valence electrons. The molecule has 0 atom stereocenters. The summed E-state index contributed by atoms with van der Waals surface area (Å²) >= 11 is 0. The summed E-state index contributed by atoms with van der Waals surface area (Å²) in [6.45, 7) is 1.19. The molecular weight excluding hydrogens is 246 g/mol. The van der Waals surface area contributed by atoms with Crippen LogP contribution in [0.1, 0.15) is 16.8 Å². The molecule has 6 heteroatoms. The smallest absolute Gasteiger partial charge is 0.339 e. The van der Waals surface area contributed by atoms with Gasteiger partial charge >= 0.3 is 5.97 Å². The lowest BCUT2D eigenvalue weighted by Gasteiger charge is -2.10. The molecule has 0 aliphatic carbocycles. The van der Waals surface area contributed by atoms with Crippen molar-refractivity contribution in [3.05, 3.63) is 42.5 Å². The second-order valence-corrected chi connectivity index (χ2v) is 4.06. The fraction of sp³-hybridized carbons (Fsp3) is 0.231. The van der Waals surface area contributed by atoms with Crippen molar-refractivity contribution in [3.63, 3.8) is 0 Å². The number of aryl methyl sites for hydroxylation is 1. The Balaban J connectivity index is 1.91. The van der Waals surface area contributed by atoms with Crippen LogP contribution in [0.4, 0.5) is 5.69 Å². The number of hydrogen-bond donors (Lipinski definition) is 2. The van der Waals surface area contributed by atoms with Crippen molar-refractivity contribution in [2.45, 2.75) is 13.0 Å². The van der Waals surface area contributed by atoms with Gasteiger partial charge in [-0.1, -0.05) is 0 Å². The third kappa shape index (κ3) is 3.48. The zero-order chi connectivity index (χ0) is 13.7. The van der Waals surface area contributed by atoms with Crippen molar-refractivity contribution in [3.8, 4) is 5.75 Å². The quantitative estimate of drug-likeness (QED) is 0.609. The Morgan fingerprint density at radius 2 is 2.32 bits per heavy atom. The van der Waals surface area contributed by atoms with Crippen LogP contribution in [0.25, 0.3) is 0 Å². The number of nitrogens with zero attached hydrogens (tertiary/aromatic N) is 2. The topological polar surface area (TPSA) is 90.4 Å². The molecule has 0 saturated heterocycles. The number of nitrogens with two attached hydrogens (primary N) is 1. The second-order valence-electron chi connectivity index (χ2n) is 4.06. The van der Waals surface area contributed by atoms with E-state index < -0.39 is 5.97 Å². The fourth-order valence-corrected chi connectivity index (χ4v) is 1.68. The number of carboxylic acid groups (broad SMARTS) is 1. The molecule has 19 heavy (non-hydrogen) atoms. The van der Waals surface area contributed by atoms with E-state index in [1.807, 2.05) is 10.8 Å². The number of rotatable bonds is 6. The first-order valence-electron chi connectivity index (χ1n) is 5.88. The maximum Gasteiger partial charge on any atom is 0.339 e. The Morgan fingerprint density at radius 3 is 3.00 bits per heavy atom. The predicted molar refractivity (Wildman–Crippen MR) is 70.2 cm³/mol. The molecule has 1 aromatic carbocycles. The Morgan fingerprint density at radius 1 is 1.47 bits per heavy atom. The first-order chi connectivity index (χ1) is 9.16. The molecule has 0 unspecified atom stereocenters. The van der Waals surface area contributed by atoms with Crippen molar-refractivity contribution in [2.24, 2.45) is 0 Å². The Kier molecular flexibility index (Phi) is 4.02. The minimum atomic E-state index is -1.02. The summed E-state index contributed by atoms with van der Waals surface area (Å²) in [7, 11) is 0. The van der Waals surface area contributed by atoms with Crippen LogP contribution in [-0.2, 0) is 6.54 Å². The number of hydrogen-bond acceptors (Lipinski definition) is 4. The summed E-state index contributed by atoms with van der Waals surface area (Å²) in [5.41, 5.74) is 6.23. The first kappa shape index (κ1) is 12.9. The Bertz CT molecular complexity index is 552. The van der Waals surface area contributed by atoms with Gasteiger partial charge in [0.25, 0.3) is 0 Å². The number of nitrogen functional groups attached to an aromatic ring is 1. The molecular formula is C13H15N3O3. The van der Waals surface area contributed by atoms with Crippen molar-refractivity contribution in [2.75, 3.05) is 12.3 Å². The average molecular weight is 261 g/mol. The maximum absolute atomic E-state index is 11.0. The van der Waals surface area contributed by atoms with Gasteiger partial charge in [-0.15, -0.1) is 0 Å². The molecule has 6 nitrogen and oxygen atoms in total. The first-order valence-corrected chi connectivity index (χ1v) is 5.88. The molecule has 1 heterocycles. The molecule has 0 amide bonds. The van der Waals surface area contributed by atoms with Gasteiger partial charge in [0.1, 0.15) is 11.3 Å². The largest absolute Gasteiger partial charge is 0.493 e. The van der Waals surface area contributed by atoms with Crippen LogP contribution in [-0.4, -0.2) is 27.2 Å². The molecule has 0 spiro atoms. The number of aromatic carboxylic acids is 1. The summed E-state index contributed by atoms with van der Waals surface area (Å²) in [5.74, 6) is -0.720. The van der Waals surface area contributed by atoms with E-state index in [1.54, 1.807) is 18.6 Å². The van der Waals surface area contributed by atoms with E-state index in [-0.39, 0.29) is 5.56 Å². The van der Waals surface area contributed by atoms with Crippen LogP contribution in [0.3, 0.4) is 0 Å². The van der Waals surface area contributed by atoms with Crippen LogP contribution >= 0.6 is 0 Å². The zero-order valence-corrected chi connectivity index (χ0v) is 10.3. The number of ether oxygens (including phenoxy) is 1. The lowest BCUT2D eigenvalue weighted by molar-refractivity contribution is 0.0692. The third-order valence-corrected chi connectivity index (χ3v) is 2.61. The second kappa shape index (κ2) is 5.90. The van der Waals surface area contributed by atoms with Gasteiger partial charge in [-0.2, -0.15) is 0 Å². The Hall–Kier alpha value is -2.50. The van der Waals surface area contributed by atoms with Crippen LogP contribution in [0.5, 0.6) is 5.75 Å². The molecule has 2 rings (SSSR count). The highest BCUT2D eigenvalue weighted by Gasteiger charge is 2.11. The minimum absolute atomic E-state index is 0.122. The minimum Gasteiger partial charge on any atom is -0.493 e. The SMILES string of the molecule is Nc1ccc(C(=O)O)c(OCCCn2ccnc2)c1. The summed E-state index contributed by atoms with van der Waals surface area (Å²) in [6, 6.07) is 4.52. The third-order valence-electron chi connectivity index (χ3n) is 2.61. The number of anilines is 1. The van der Waals surface area contributed by atoms with E-state index in [0.717, 1.165) is 13.0 Å². The highest BCUT2D eigenvalue weighted by Crippen LogP contribution is 2.22. The van der Waals surface area contributed by atoms with Gasteiger partial charge in [0.05, 0.1) is 12.9 Å². The zero-order valence-electron chi connectivity index (χ0n) is 10.3. The van der Waals surface area contributed by atoms with Crippen LogP contribution in [0.15, 0.2) is 36.9 Å². The van der Waals surface area contributed by atoms with E-state index in [4.69, 9.17) is 15.6 Å². The maximum atomic E-state index is 11.0. The van der Waals surface area contributed by atoms with Gasteiger partial charge in [0.15, 0.2) is 0 Å². The van der Waals surface area contributed by atoms with Crippen molar-refractivity contribution < 1.29 is 14.6 Å². The fourth-order valence-electron chi connectivity index (χ4n) is 1.68. The molecule has 0 radical (unpaired) electrons. The highest BCUT2D eigenvalue weighted by atomic mass is 16.5. The van der Waals surface area contributed by atoms with E-state index in [9.17, 15) is 4.79 Å². The van der Waals surface area contributed by atoms with Gasteiger partial charge < -0.3 is 20.1 Å². The highest BCUT2D eigenvalue weighted by molar-refractivity contribution is 5.91. The molecule has 0 bridgehead atoms. The number of carbonyl (C=O) groups is 1. The molecule has 3 N–H and O–H groups in total. The summed E-state index contributed by atoms with van der Waals surface area (Å²) in [4.78, 5) is 15.0. The van der Waals surface area contributed by atoms with Crippen molar-refractivity contribution >= 4 is 11.7 Å². The summed E-state index contributed by atoms with van der Waals surface area (Å²) in [5, 5.41) is 9.03. The van der Waals surface area contributed by atoms with E-state index in [2.05, 4.69) is 4.98 Å². The molecule has 1 aromatic heterocycles. The lowest BCUT2D eigenvalue weighted by atomic mass is 10.2. The number of imidazole rings is 1. The lowest BCUT2D eigenvalue weighted by Crippen LogP contribution is -2.07. The van der Waals surface area contributed by atoms with Crippen molar-refractivity contribution in [1.29, 1.82) is 0 Å². The van der Waals surface area contributed by atoms with Gasteiger partial charge in [-0.3, -0.25) is 0 Å². The number of aromatic nitrogens is 2. The van der Waals surface area contributed by atoms with Crippen LogP contribution < -0.4 is 10.5 Å². The van der Waals surface area contributed by atoms with Crippen LogP contribution in [0, 0.1) is 0 Å². The average Bonchev–Trinajstić information content (AvgIpc) is 2.87. The van der Waals surface area contributed by atoms with E-state index in [0.29, 0.717) is 18.0 Å². The van der Waals surface area contributed by atoms with Gasteiger partial charge in [-0.25, -0.2) is 9.78 Å². The van der Waals surface area contributed by atoms with Crippen LogP contribution in [0.2, 0.25) is 0 Å². The molecule has 0 aliphatic rings. The van der Waals surface area contributed by atoms with E-state index >= 15 is 0 Å². The van der Waals surface area contributed by atoms with E-state index in [1.165, 1.54) is 12.1 Å². The monoisotopic (exact) mass is 261 g/mol. The molecule has 0 aliphatic heterocycles. The summed E-state index contributed by atoms with van der Waals surface area (Å²) in [6.07, 6.45) is 6.05.